The van der Waals surface area contributed by atoms with Gasteiger partial charge < -0.3 is 10.2 Å². The van der Waals surface area contributed by atoms with Crippen LogP contribution in [0.25, 0.3) is 0 Å². The van der Waals surface area contributed by atoms with Crippen molar-refractivity contribution in [2.24, 2.45) is 0 Å². The van der Waals surface area contributed by atoms with Gasteiger partial charge in [0.15, 0.2) is 0 Å². The lowest BCUT2D eigenvalue weighted by atomic mass is 10.2. The second-order valence-corrected chi connectivity index (χ2v) is 5.33. The Morgan fingerprint density at radius 1 is 1.20 bits per heavy atom. The third-order valence-corrected chi connectivity index (χ3v) is 3.91. The Morgan fingerprint density at radius 3 is 2.45 bits per heavy atom. The molecule has 0 saturated carbocycles. The van der Waals surface area contributed by atoms with Gasteiger partial charge >= 0.3 is 0 Å². The molecular weight excluding hydrogens is 250 g/mol. The molecule has 1 aliphatic heterocycles. The van der Waals surface area contributed by atoms with Crippen molar-refractivity contribution in [2.75, 3.05) is 37.6 Å². The Labute approximate surface area is 121 Å². The number of anilines is 1. The fourth-order valence-corrected chi connectivity index (χ4v) is 2.57. The number of rotatable bonds is 5. The minimum Gasteiger partial charge on any atom is -0.369 e. The Bertz CT molecular complexity index is 413. The highest BCUT2D eigenvalue weighted by Crippen LogP contribution is 2.16. The van der Waals surface area contributed by atoms with Crippen molar-refractivity contribution in [3.63, 3.8) is 0 Å². The fraction of sp³-hybridized carbons (Fsp3) is 0.562. The summed E-state index contributed by atoms with van der Waals surface area (Å²) in [6.07, 6.45) is 0.986. The van der Waals surface area contributed by atoms with Gasteiger partial charge in [0.25, 0.3) is 0 Å². The Balaban J connectivity index is 1.83. The number of amides is 1. The quantitative estimate of drug-likeness (QED) is 0.889. The summed E-state index contributed by atoms with van der Waals surface area (Å²) in [6.45, 7) is 8.69. The van der Waals surface area contributed by atoms with Crippen LogP contribution in [0.3, 0.4) is 0 Å². The molecule has 20 heavy (non-hydrogen) atoms. The number of nitrogens with one attached hydrogen (secondary N) is 1. The summed E-state index contributed by atoms with van der Waals surface area (Å²) in [5, 5.41) is 2.98. The summed E-state index contributed by atoms with van der Waals surface area (Å²) < 4.78 is 0. The number of carbonyl (C=O) groups excluding carboxylic acids is 1. The van der Waals surface area contributed by atoms with Crippen molar-refractivity contribution in [3.8, 4) is 0 Å². The van der Waals surface area contributed by atoms with E-state index >= 15 is 0 Å². The molecule has 110 valence electrons. The zero-order chi connectivity index (χ0) is 14.4. The predicted octanol–water partition coefficient (Wildman–Crippen LogP) is 1.72. The number of carbonyl (C=O) groups is 1. The molecule has 4 heteroatoms. The smallest absolute Gasteiger partial charge is 0.237 e. The molecule has 1 N–H and O–H groups in total. The summed E-state index contributed by atoms with van der Waals surface area (Å²) in [7, 11) is 0. The molecule has 1 heterocycles. The van der Waals surface area contributed by atoms with E-state index in [1.54, 1.807) is 0 Å². The maximum Gasteiger partial charge on any atom is 0.237 e. The highest BCUT2D eigenvalue weighted by atomic mass is 16.2. The number of piperazine rings is 1. The van der Waals surface area contributed by atoms with Gasteiger partial charge in [-0.2, -0.15) is 0 Å². The predicted molar refractivity (Wildman–Crippen MR) is 83.0 cm³/mol. The van der Waals surface area contributed by atoms with E-state index in [2.05, 4.69) is 46.3 Å². The van der Waals surface area contributed by atoms with E-state index in [9.17, 15) is 4.79 Å². The molecule has 1 fully saturated rings. The fourth-order valence-electron chi connectivity index (χ4n) is 2.57. The molecule has 1 amide bonds. The van der Waals surface area contributed by atoms with E-state index in [0.717, 1.165) is 39.1 Å². The van der Waals surface area contributed by atoms with E-state index in [-0.39, 0.29) is 11.9 Å². The average molecular weight is 275 g/mol. The van der Waals surface area contributed by atoms with Gasteiger partial charge in [-0.25, -0.2) is 0 Å². The summed E-state index contributed by atoms with van der Waals surface area (Å²) in [4.78, 5) is 16.6. The average Bonchev–Trinajstić information content (AvgIpc) is 2.53. The maximum absolute atomic E-state index is 12.0. The molecule has 1 saturated heterocycles. The highest BCUT2D eigenvalue weighted by Gasteiger charge is 2.25. The van der Waals surface area contributed by atoms with Gasteiger partial charge in [0.1, 0.15) is 0 Å². The van der Waals surface area contributed by atoms with Crippen LogP contribution in [0.5, 0.6) is 0 Å². The minimum absolute atomic E-state index is 0.0283. The van der Waals surface area contributed by atoms with Crippen molar-refractivity contribution in [2.45, 2.75) is 26.3 Å². The van der Waals surface area contributed by atoms with Crippen LogP contribution in [-0.2, 0) is 4.79 Å². The molecule has 4 nitrogen and oxygen atoms in total. The SMILES string of the molecule is CCCNC(=O)C(C)N1CCN(c2ccccc2)CC1. The first-order valence-electron chi connectivity index (χ1n) is 7.54. The van der Waals surface area contributed by atoms with Crippen molar-refractivity contribution < 1.29 is 4.79 Å². The third-order valence-electron chi connectivity index (χ3n) is 3.91. The van der Waals surface area contributed by atoms with Crippen molar-refractivity contribution >= 4 is 11.6 Å². The van der Waals surface area contributed by atoms with Crippen molar-refractivity contribution in [1.29, 1.82) is 0 Å². The highest BCUT2D eigenvalue weighted by molar-refractivity contribution is 5.81. The first-order chi connectivity index (χ1) is 9.72. The van der Waals surface area contributed by atoms with Crippen LogP contribution in [0.2, 0.25) is 0 Å². The van der Waals surface area contributed by atoms with E-state index in [0.29, 0.717) is 0 Å². The zero-order valence-corrected chi connectivity index (χ0v) is 12.5. The molecule has 1 aromatic rings. The van der Waals surface area contributed by atoms with Gasteiger partial charge in [-0.1, -0.05) is 25.1 Å². The van der Waals surface area contributed by atoms with Crippen LogP contribution in [0, 0.1) is 0 Å². The molecule has 2 rings (SSSR count). The Kier molecular flexibility index (Phi) is 5.41. The monoisotopic (exact) mass is 275 g/mol. The van der Waals surface area contributed by atoms with Gasteiger partial charge in [0.05, 0.1) is 6.04 Å². The minimum atomic E-state index is -0.0283. The van der Waals surface area contributed by atoms with Crippen LogP contribution in [0.15, 0.2) is 30.3 Å². The van der Waals surface area contributed by atoms with E-state index < -0.39 is 0 Å². The molecule has 0 aromatic heterocycles. The van der Waals surface area contributed by atoms with Gasteiger partial charge in [-0.15, -0.1) is 0 Å². The summed E-state index contributed by atoms with van der Waals surface area (Å²) >= 11 is 0. The van der Waals surface area contributed by atoms with E-state index in [4.69, 9.17) is 0 Å². The standard InChI is InChI=1S/C16H25N3O/c1-3-9-17-16(20)14(2)18-10-12-19(13-11-18)15-7-5-4-6-8-15/h4-8,14H,3,9-13H2,1-2H3,(H,17,20). The molecule has 1 aliphatic rings. The first-order valence-corrected chi connectivity index (χ1v) is 7.54. The van der Waals surface area contributed by atoms with Gasteiger partial charge in [-0.3, -0.25) is 9.69 Å². The molecule has 0 spiro atoms. The summed E-state index contributed by atoms with van der Waals surface area (Å²) in [5.74, 6) is 0.153. The normalized spacial score (nSPS) is 17.8. The first kappa shape index (κ1) is 14.9. The molecular formula is C16H25N3O. The lowest BCUT2D eigenvalue weighted by Crippen LogP contribution is -2.54. The number of para-hydroxylation sites is 1. The molecule has 0 radical (unpaired) electrons. The van der Waals surface area contributed by atoms with Crippen LogP contribution in [0.1, 0.15) is 20.3 Å². The lowest BCUT2D eigenvalue weighted by Gasteiger charge is -2.38. The molecule has 1 atom stereocenters. The number of benzene rings is 1. The third kappa shape index (κ3) is 3.73. The van der Waals surface area contributed by atoms with E-state index in [1.165, 1.54) is 5.69 Å². The summed E-state index contributed by atoms with van der Waals surface area (Å²) in [6, 6.07) is 10.4. The molecule has 1 unspecified atom stereocenters. The van der Waals surface area contributed by atoms with E-state index in [1.807, 2.05) is 13.0 Å². The molecule has 0 aliphatic carbocycles. The second-order valence-electron chi connectivity index (χ2n) is 5.33. The van der Waals surface area contributed by atoms with Crippen LogP contribution in [0.4, 0.5) is 5.69 Å². The summed E-state index contributed by atoms with van der Waals surface area (Å²) in [5.41, 5.74) is 1.27. The van der Waals surface area contributed by atoms with Gasteiger partial charge in [0, 0.05) is 38.4 Å². The number of nitrogens with zero attached hydrogens (tertiary/aromatic N) is 2. The van der Waals surface area contributed by atoms with Gasteiger partial charge in [-0.05, 0) is 25.5 Å². The van der Waals surface area contributed by atoms with Gasteiger partial charge in [0.2, 0.25) is 5.91 Å². The largest absolute Gasteiger partial charge is 0.369 e. The Hall–Kier alpha value is -1.55. The molecule has 1 aromatic carbocycles. The number of hydrogen-bond acceptors (Lipinski definition) is 3. The van der Waals surface area contributed by atoms with Crippen LogP contribution >= 0.6 is 0 Å². The maximum atomic E-state index is 12.0. The zero-order valence-electron chi connectivity index (χ0n) is 12.5. The van der Waals surface area contributed by atoms with Crippen LogP contribution < -0.4 is 10.2 Å². The van der Waals surface area contributed by atoms with Crippen molar-refractivity contribution in [3.05, 3.63) is 30.3 Å². The Morgan fingerprint density at radius 2 is 1.85 bits per heavy atom. The van der Waals surface area contributed by atoms with Crippen molar-refractivity contribution in [1.82, 2.24) is 10.2 Å². The topological polar surface area (TPSA) is 35.6 Å². The molecule has 0 bridgehead atoms. The van der Waals surface area contributed by atoms with Crippen LogP contribution in [-0.4, -0.2) is 49.6 Å². The lowest BCUT2D eigenvalue weighted by molar-refractivity contribution is -0.126. The number of hydrogen-bond donors (Lipinski definition) is 1. The second kappa shape index (κ2) is 7.29.